The summed E-state index contributed by atoms with van der Waals surface area (Å²) < 4.78 is 0. The Bertz CT molecular complexity index is 738. The first-order valence-electron chi connectivity index (χ1n) is 6.60. The van der Waals surface area contributed by atoms with Gasteiger partial charge >= 0.3 is 0 Å². The summed E-state index contributed by atoms with van der Waals surface area (Å²) in [5, 5.41) is 4.15. The predicted octanol–water partition coefficient (Wildman–Crippen LogP) is 5.05. The first kappa shape index (κ1) is 14.1. The Balaban J connectivity index is 1.82. The van der Waals surface area contributed by atoms with Crippen molar-refractivity contribution < 1.29 is 0 Å². The van der Waals surface area contributed by atoms with Gasteiger partial charge in [-0.05, 0) is 38.1 Å². The van der Waals surface area contributed by atoms with E-state index in [0.717, 1.165) is 16.6 Å². The predicted molar refractivity (Wildman–Crippen MR) is 89.7 cm³/mol. The molecule has 3 nitrogen and oxygen atoms in total. The molecule has 0 fully saturated rings. The summed E-state index contributed by atoms with van der Waals surface area (Å²) in [6, 6.07) is 14.5. The van der Waals surface area contributed by atoms with Gasteiger partial charge in [-0.2, -0.15) is 0 Å². The van der Waals surface area contributed by atoms with Crippen LogP contribution < -0.4 is 5.32 Å². The van der Waals surface area contributed by atoms with Crippen LogP contribution in [0.2, 0.25) is 0 Å². The van der Waals surface area contributed by atoms with Gasteiger partial charge in [0.25, 0.3) is 0 Å². The first-order valence-corrected chi connectivity index (χ1v) is 8.23. The third-order valence-electron chi connectivity index (χ3n) is 2.76. The Morgan fingerprint density at radius 3 is 2.57 bits per heavy atom. The molecule has 1 N–H and O–H groups in total. The third kappa shape index (κ3) is 3.83. The average Bonchev–Trinajstić information content (AvgIpc) is 2.84. The number of rotatable bonds is 4. The minimum absolute atomic E-state index is 0.836. The Kier molecular flexibility index (Phi) is 4.22. The summed E-state index contributed by atoms with van der Waals surface area (Å²) in [7, 11) is 0. The highest BCUT2D eigenvalue weighted by atomic mass is 32.2. The van der Waals surface area contributed by atoms with Crippen molar-refractivity contribution in [3.8, 4) is 0 Å². The number of hydrogen-bond donors (Lipinski definition) is 1. The molecule has 0 saturated carbocycles. The van der Waals surface area contributed by atoms with Crippen LogP contribution in [0.1, 0.15) is 10.6 Å². The minimum atomic E-state index is 0.836. The third-order valence-corrected chi connectivity index (χ3v) is 4.57. The van der Waals surface area contributed by atoms with Crippen molar-refractivity contribution in [3.05, 3.63) is 59.2 Å². The molecular formula is C16H15N3S2. The molecule has 21 heavy (non-hydrogen) atoms. The second-order valence-electron chi connectivity index (χ2n) is 4.65. The fraction of sp³-hybridized carbons (Fsp3) is 0.125. The molecule has 0 saturated heterocycles. The quantitative estimate of drug-likeness (QED) is 0.731. The number of pyridine rings is 1. The van der Waals surface area contributed by atoms with Gasteiger partial charge in [0.05, 0.1) is 0 Å². The van der Waals surface area contributed by atoms with Gasteiger partial charge in [0, 0.05) is 26.6 Å². The van der Waals surface area contributed by atoms with E-state index in [0.29, 0.717) is 0 Å². The molecule has 0 radical (unpaired) electrons. The van der Waals surface area contributed by atoms with Gasteiger partial charge in [-0.15, -0.1) is 11.3 Å². The largest absolute Gasteiger partial charge is 0.316 e. The zero-order valence-corrected chi connectivity index (χ0v) is 13.5. The van der Waals surface area contributed by atoms with E-state index in [4.69, 9.17) is 0 Å². The molecular weight excluding hydrogens is 298 g/mol. The number of anilines is 2. The van der Waals surface area contributed by atoms with Crippen molar-refractivity contribution in [1.82, 2.24) is 9.97 Å². The molecule has 1 aromatic carbocycles. The van der Waals surface area contributed by atoms with Gasteiger partial charge in [0.2, 0.25) is 0 Å². The maximum Gasteiger partial charge on any atom is 0.188 e. The fourth-order valence-corrected chi connectivity index (χ4v) is 3.54. The second kappa shape index (κ2) is 6.28. The number of benzene rings is 1. The molecule has 0 aliphatic carbocycles. The number of nitrogens with zero attached hydrogens (tertiary/aromatic N) is 2. The van der Waals surface area contributed by atoms with Crippen LogP contribution in [0.15, 0.2) is 58.5 Å². The second-order valence-corrected chi connectivity index (χ2v) is 7.03. The molecule has 0 aliphatic heterocycles. The number of thiazole rings is 1. The number of aromatic nitrogens is 2. The van der Waals surface area contributed by atoms with Crippen LogP contribution in [0.3, 0.4) is 0 Å². The van der Waals surface area contributed by atoms with Crippen molar-refractivity contribution in [2.75, 3.05) is 5.32 Å². The van der Waals surface area contributed by atoms with Crippen LogP contribution >= 0.6 is 23.1 Å². The Labute approximate surface area is 132 Å². The van der Waals surface area contributed by atoms with E-state index in [1.807, 2.05) is 38.2 Å². The van der Waals surface area contributed by atoms with E-state index in [1.165, 1.54) is 14.7 Å². The molecule has 5 heteroatoms. The number of nitrogens with one attached hydrogen (secondary N) is 1. The Hall–Kier alpha value is -1.85. The zero-order chi connectivity index (χ0) is 14.7. The summed E-state index contributed by atoms with van der Waals surface area (Å²) in [6.07, 6.45) is 1.86. The number of hydrogen-bond acceptors (Lipinski definition) is 5. The summed E-state index contributed by atoms with van der Waals surface area (Å²) >= 11 is 3.36. The van der Waals surface area contributed by atoms with Crippen LogP contribution in [0.5, 0.6) is 0 Å². The maximum atomic E-state index is 4.52. The van der Waals surface area contributed by atoms with Gasteiger partial charge in [0.1, 0.15) is 5.82 Å². The molecule has 0 spiro atoms. The monoisotopic (exact) mass is 313 g/mol. The van der Waals surface area contributed by atoms with Gasteiger partial charge in [0.15, 0.2) is 5.13 Å². The molecule has 106 valence electrons. The topological polar surface area (TPSA) is 37.8 Å². The van der Waals surface area contributed by atoms with Crippen LogP contribution in [0, 0.1) is 13.8 Å². The standard InChI is InChI=1S/C16H15N3S2/c1-11-8-14(21-13-6-4-3-5-7-13)9-15(18-11)19-16-17-10-12(2)20-16/h3-10H,1-2H3,(H,17,18,19). The smallest absolute Gasteiger partial charge is 0.188 e. The summed E-state index contributed by atoms with van der Waals surface area (Å²) in [5.41, 5.74) is 0.992. The van der Waals surface area contributed by atoms with Crippen molar-refractivity contribution >= 4 is 34.0 Å². The lowest BCUT2D eigenvalue weighted by Gasteiger charge is -2.07. The molecule has 0 amide bonds. The average molecular weight is 313 g/mol. The first-order chi connectivity index (χ1) is 10.2. The zero-order valence-electron chi connectivity index (χ0n) is 11.8. The van der Waals surface area contributed by atoms with E-state index in [-0.39, 0.29) is 0 Å². The molecule has 0 unspecified atom stereocenters. The van der Waals surface area contributed by atoms with E-state index < -0.39 is 0 Å². The van der Waals surface area contributed by atoms with Crippen LogP contribution in [-0.2, 0) is 0 Å². The van der Waals surface area contributed by atoms with Gasteiger partial charge in [-0.1, -0.05) is 30.0 Å². The summed E-state index contributed by atoms with van der Waals surface area (Å²) in [5.74, 6) is 0.836. The van der Waals surface area contributed by atoms with Gasteiger partial charge in [-0.25, -0.2) is 9.97 Å². The molecule has 3 aromatic rings. The Morgan fingerprint density at radius 1 is 1.05 bits per heavy atom. The van der Waals surface area contributed by atoms with E-state index in [9.17, 15) is 0 Å². The lowest BCUT2D eigenvalue weighted by molar-refractivity contribution is 1.15. The molecule has 2 aromatic heterocycles. The normalized spacial score (nSPS) is 10.6. The van der Waals surface area contributed by atoms with Crippen molar-refractivity contribution in [3.63, 3.8) is 0 Å². The summed E-state index contributed by atoms with van der Waals surface area (Å²) in [6.45, 7) is 4.05. The van der Waals surface area contributed by atoms with E-state index in [2.05, 4.69) is 39.6 Å². The highest BCUT2D eigenvalue weighted by Gasteiger charge is 2.05. The van der Waals surface area contributed by atoms with Gasteiger partial charge < -0.3 is 5.32 Å². The molecule has 0 atom stereocenters. The Morgan fingerprint density at radius 2 is 1.86 bits per heavy atom. The van der Waals surface area contributed by atoms with Crippen molar-refractivity contribution in [2.24, 2.45) is 0 Å². The molecule has 3 rings (SSSR count). The molecule has 2 heterocycles. The molecule has 0 aliphatic rings. The van der Waals surface area contributed by atoms with E-state index in [1.54, 1.807) is 23.1 Å². The van der Waals surface area contributed by atoms with Crippen LogP contribution in [0.25, 0.3) is 0 Å². The highest BCUT2D eigenvalue weighted by molar-refractivity contribution is 7.99. The van der Waals surface area contributed by atoms with Crippen LogP contribution in [-0.4, -0.2) is 9.97 Å². The minimum Gasteiger partial charge on any atom is -0.316 e. The van der Waals surface area contributed by atoms with Gasteiger partial charge in [-0.3, -0.25) is 0 Å². The fourth-order valence-electron chi connectivity index (χ4n) is 1.91. The lowest BCUT2D eigenvalue weighted by Crippen LogP contribution is -1.95. The number of aryl methyl sites for hydroxylation is 2. The SMILES string of the molecule is Cc1cc(Sc2ccccc2)cc(Nc2ncc(C)s2)n1. The maximum absolute atomic E-state index is 4.52. The van der Waals surface area contributed by atoms with Crippen molar-refractivity contribution in [1.29, 1.82) is 0 Å². The molecule has 0 bridgehead atoms. The van der Waals surface area contributed by atoms with E-state index >= 15 is 0 Å². The lowest BCUT2D eigenvalue weighted by atomic mass is 10.3. The van der Waals surface area contributed by atoms with Crippen LogP contribution in [0.4, 0.5) is 10.9 Å². The summed E-state index contributed by atoms with van der Waals surface area (Å²) in [4.78, 5) is 12.4. The highest BCUT2D eigenvalue weighted by Crippen LogP contribution is 2.30. The van der Waals surface area contributed by atoms with Crippen molar-refractivity contribution in [2.45, 2.75) is 23.6 Å².